The number of aromatic nitrogens is 4. The maximum Gasteiger partial charge on any atom is 0.323 e. The molecule has 2 rings (SSSR count). The van der Waals surface area contributed by atoms with Crippen LogP contribution in [0.25, 0.3) is 11.2 Å². The predicted octanol–water partition coefficient (Wildman–Crippen LogP) is -0.798. The zero-order valence-corrected chi connectivity index (χ0v) is 12.9. The van der Waals surface area contributed by atoms with Gasteiger partial charge in [-0.25, -0.2) is 4.98 Å². The smallest absolute Gasteiger partial charge is 0.323 e. The highest BCUT2D eigenvalue weighted by Crippen LogP contribution is 2.06. The molecule has 10 heteroatoms. The van der Waals surface area contributed by atoms with Gasteiger partial charge in [-0.3, -0.25) is 19.1 Å². The third kappa shape index (κ3) is 4.05. The number of carbonyl (C=O) groups is 1. The summed E-state index contributed by atoms with van der Waals surface area (Å²) in [5, 5.41) is 0. The van der Waals surface area contributed by atoms with Crippen molar-refractivity contribution in [2.75, 3.05) is 18.9 Å². The summed E-state index contributed by atoms with van der Waals surface area (Å²) in [6, 6.07) is -0.679. The van der Waals surface area contributed by atoms with Crippen molar-refractivity contribution in [1.29, 1.82) is 0 Å². The van der Waals surface area contributed by atoms with Crippen LogP contribution in [0.1, 0.15) is 15.2 Å². The molecule has 0 amide bonds. The molecular weight excluding hydrogens is 304 g/mol. The zero-order valence-electron chi connectivity index (χ0n) is 13.9. The number of ether oxygens (including phenoxy) is 2. The Morgan fingerprint density at radius 1 is 1.52 bits per heavy atom. The third-order valence-electron chi connectivity index (χ3n) is 3.12. The molecule has 0 aliphatic rings. The van der Waals surface area contributed by atoms with E-state index in [9.17, 15) is 9.59 Å². The highest BCUT2D eigenvalue weighted by molar-refractivity contribution is 5.75. The highest BCUT2D eigenvalue weighted by Gasteiger charge is 2.18. The molecule has 10 nitrogen and oxygen atoms in total. The molecule has 0 radical (unpaired) electrons. The number of anilines is 1. The van der Waals surface area contributed by atoms with Crippen LogP contribution in [0, 0.1) is 5.92 Å². The first kappa shape index (κ1) is 15.4. The van der Waals surface area contributed by atoms with E-state index in [0.29, 0.717) is 0 Å². The Hall–Kier alpha value is -2.46. The van der Waals surface area contributed by atoms with Crippen molar-refractivity contribution in [3.63, 3.8) is 0 Å². The molecule has 0 saturated heterocycles. The van der Waals surface area contributed by atoms with Gasteiger partial charge in [-0.15, -0.1) is 0 Å². The Kier molecular flexibility index (Phi) is 4.83. The van der Waals surface area contributed by atoms with E-state index in [1.54, 1.807) is 0 Å². The number of imidazole rings is 1. The van der Waals surface area contributed by atoms with E-state index in [-0.39, 0.29) is 49.3 Å². The number of aromatic amines is 1. The largest absolute Gasteiger partial charge is 0.462 e. The predicted molar refractivity (Wildman–Crippen MR) is 82.3 cm³/mol. The first-order valence-corrected chi connectivity index (χ1v) is 7.03. The van der Waals surface area contributed by atoms with Gasteiger partial charge in [0, 0.05) is 0 Å². The summed E-state index contributed by atoms with van der Waals surface area (Å²) >= 11 is 0. The SMILES string of the molecule is [3H]c1nc2c(=O)[nH]c(N)nc2n1COCCOC(=O)[C@@H](N)C(C)C. The summed E-state index contributed by atoms with van der Waals surface area (Å²) in [6.07, 6.45) is -0.188. The zero-order chi connectivity index (χ0) is 17.9. The molecule has 0 saturated carbocycles. The number of nitrogens with one attached hydrogen (secondary N) is 1. The van der Waals surface area contributed by atoms with E-state index in [2.05, 4.69) is 15.0 Å². The van der Waals surface area contributed by atoms with Crippen molar-refractivity contribution in [1.82, 2.24) is 19.5 Å². The Morgan fingerprint density at radius 3 is 2.96 bits per heavy atom. The maximum atomic E-state index is 11.7. The van der Waals surface area contributed by atoms with Gasteiger partial charge in [-0.1, -0.05) is 13.8 Å². The van der Waals surface area contributed by atoms with Crippen LogP contribution in [-0.2, 0) is 21.0 Å². The number of nitrogens with zero attached hydrogens (tertiary/aromatic N) is 3. The van der Waals surface area contributed by atoms with Gasteiger partial charge >= 0.3 is 5.97 Å². The number of rotatable bonds is 7. The molecule has 5 N–H and O–H groups in total. The van der Waals surface area contributed by atoms with Crippen LogP contribution >= 0.6 is 0 Å². The van der Waals surface area contributed by atoms with Crippen LogP contribution in [0.3, 0.4) is 0 Å². The molecule has 0 fully saturated rings. The molecule has 0 aliphatic heterocycles. The normalized spacial score (nSPS) is 13.3. The number of H-pyrrole nitrogens is 1. The molecule has 0 aromatic carbocycles. The molecule has 2 aromatic heterocycles. The quantitative estimate of drug-likeness (QED) is 0.442. The van der Waals surface area contributed by atoms with Gasteiger partial charge in [0.05, 0.1) is 12.9 Å². The molecule has 2 aromatic rings. The summed E-state index contributed by atoms with van der Waals surface area (Å²) in [7, 11) is 0. The van der Waals surface area contributed by atoms with Crippen LogP contribution in [-0.4, -0.2) is 44.7 Å². The molecule has 126 valence electrons. The Balaban J connectivity index is 1.92. The number of carbonyl (C=O) groups excluding carboxylic acids is 1. The Morgan fingerprint density at radius 2 is 2.26 bits per heavy atom. The number of hydrogen-bond donors (Lipinski definition) is 3. The first-order chi connectivity index (χ1) is 11.3. The second-order valence-corrected chi connectivity index (χ2v) is 5.24. The number of fused-ring (bicyclic) bond motifs is 1. The van der Waals surface area contributed by atoms with Crippen molar-refractivity contribution in [3.8, 4) is 0 Å². The van der Waals surface area contributed by atoms with Crippen LogP contribution in [0.5, 0.6) is 0 Å². The minimum absolute atomic E-state index is 0.00661. The lowest BCUT2D eigenvalue weighted by Crippen LogP contribution is -2.37. The topological polar surface area (TPSA) is 151 Å². The molecule has 2 heterocycles. The fraction of sp³-hybridized carbons (Fsp3) is 0.538. The minimum Gasteiger partial charge on any atom is -0.462 e. The van der Waals surface area contributed by atoms with E-state index in [0.717, 1.165) is 0 Å². The first-order valence-electron chi connectivity index (χ1n) is 7.53. The van der Waals surface area contributed by atoms with Crippen LogP contribution in [0.4, 0.5) is 5.95 Å². The number of nitrogens with two attached hydrogens (primary N) is 2. The summed E-state index contributed by atoms with van der Waals surface area (Å²) in [5.41, 5.74) is 10.8. The summed E-state index contributed by atoms with van der Waals surface area (Å²) in [5.74, 6) is -0.592. The lowest BCUT2D eigenvalue weighted by molar-refractivity contribution is -0.148. The van der Waals surface area contributed by atoms with Crippen molar-refractivity contribution >= 4 is 23.1 Å². The van der Waals surface area contributed by atoms with Crippen LogP contribution in [0.2, 0.25) is 0 Å². The van der Waals surface area contributed by atoms with Crippen molar-refractivity contribution < 1.29 is 15.6 Å². The van der Waals surface area contributed by atoms with Gasteiger partial charge in [-0.05, 0) is 5.92 Å². The summed E-state index contributed by atoms with van der Waals surface area (Å²) in [4.78, 5) is 33.3. The number of hydrogen-bond acceptors (Lipinski definition) is 8. The van der Waals surface area contributed by atoms with Gasteiger partial charge < -0.3 is 20.9 Å². The van der Waals surface area contributed by atoms with Gasteiger partial charge in [-0.2, -0.15) is 4.98 Å². The number of esters is 1. The van der Waals surface area contributed by atoms with Crippen LogP contribution < -0.4 is 17.0 Å². The highest BCUT2D eigenvalue weighted by atomic mass is 16.6. The van der Waals surface area contributed by atoms with Crippen molar-refractivity contribution in [3.05, 3.63) is 16.7 Å². The lowest BCUT2D eigenvalue weighted by atomic mass is 10.1. The molecule has 0 aliphatic carbocycles. The fourth-order valence-corrected chi connectivity index (χ4v) is 1.73. The molecule has 1 atom stereocenters. The van der Waals surface area contributed by atoms with E-state index < -0.39 is 17.6 Å². The van der Waals surface area contributed by atoms with E-state index in [1.165, 1.54) is 4.57 Å². The van der Waals surface area contributed by atoms with Gasteiger partial charge in [0.1, 0.15) is 20.8 Å². The lowest BCUT2D eigenvalue weighted by Gasteiger charge is -2.14. The third-order valence-corrected chi connectivity index (χ3v) is 3.12. The molecule has 0 spiro atoms. The van der Waals surface area contributed by atoms with E-state index >= 15 is 0 Å². The van der Waals surface area contributed by atoms with E-state index in [4.69, 9.17) is 22.3 Å². The summed E-state index contributed by atoms with van der Waals surface area (Å²) in [6.45, 7) is 3.67. The second kappa shape index (κ2) is 7.20. The molecule has 0 unspecified atom stereocenters. The van der Waals surface area contributed by atoms with Gasteiger partial charge in [0.15, 0.2) is 11.2 Å². The average Bonchev–Trinajstić information content (AvgIpc) is 2.82. The van der Waals surface area contributed by atoms with Gasteiger partial charge in [0.25, 0.3) is 5.56 Å². The van der Waals surface area contributed by atoms with E-state index in [1.807, 2.05) is 13.8 Å². The molecule has 23 heavy (non-hydrogen) atoms. The maximum absolute atomic E-state index is 11.7. The fourth-order valence-electron chi connectivity index (χ4n) is 1.73. The van der Waals surface area contributed by atoms with Gasteiger partial charge in [0.2, 0.25) is 5.95 Å². The molecular formula is C13H20N6O4. The van der Waals surface area contributed by atoms with Crippen molar-refractivity contribution in [2.24, 2.45) is 11.7 Å². The molecule has 0 bridgehead atoms. The second-order valence-electron chi connectivity index (χ2n) is 5.24. The monoisotopic (exact) mass is 326 g/mol. The van der Waals surface area contributed by atoms with Crippen LogP contribution in [0.15, 0.2) is 11.1 Å². The number of nitrogen functional groups attached to an aromatic ring is 1. The Labute approximate surface area is 133 Å². The minimum atomic E-state index is -0.679. The summed E-state index contributed by atoms with van der Waals surface area (Å²) < 4.78 is 19.4. The standard InChI is InChI=1S/C13H20N6O4/c1-7(2)8(14)12(21)23-4-3-22-6-19-5-16-9-10(19)17-13(15)18-11(9)20/h5,7-8H,3-4,6,14H2,1-2H3,(H3,15,17,18,20)/t8-/m0/s1/i5T. The van der Waals surface area contributed by atoms with Crippen molar-refractivity contribution in [2.45, 2.75) is 26.6 Å². The average molecular weight is 326 g/mol. The Bertz CT molecular complexity index is 787.